The lowest BCUT2D eigenvalue weighted by Gasteiger charge is -2.31. The van der Waals surface area contributed by atoms with E-state index in [1.165, 1.54) is 12.1 Å². The van der Waals surface area contributed by atoms with E-state index in [0.29, 0.717) is 24.5 Å². The van der Waals surface area contributed by atoms with Crippen molar-refractivity contribution in [2.75, 3.05) is 39.8 Å². The number of hydrogen-bond acceptors (Lipinski definition) is 7. The van der Waals surface area contributed by atoms with Crippen LogP contribution in [-0.2, 0) is 17.9 Å². The van der Waals surface area contributed by atoms with E-state index in [4.69, 9.17) is 0 Å². The molecule has 1 saturated heterocycles. The fourth-order valence-corrected chi connectivity index (χ4v) is 4.46. The molecule has 1 N–H and O–H groups in total. The number of hydrogen-bond donors (Lipinski definition) is 1. The van der Waals surface area contributed by atoms with Gasteiger partial charge in [-0.05, 0) is 36.9 Å². The van der Waals surface area contributed by atoms with Crippen molar-refractivity contribution in [1.82, 2.24) is 34.9 Å². The second-order valence-electron chi connectivity index (χ2n) is 9.94. The molecule has 2 aromatic heterocycles. The SMILES string of the molecule is CN1CCN(CC(=O)NCc2cnc(-c3cccc(Cn4nc(-c5cc(F)c(F)c(F)c5)ccc4=O)c3)nc2)CC1. The maximum absolute atomic E-state index is 13.7. The number of rotatable bonds is 8. The lowest BCUT2D eigenvalue weighted by Crippen LogP contribution is -2.48. The van der Waals surface area contributed by atoms with Crippen molar-refractivity contribution in [1.29, 1.82) is 0 Å². The smallest absolute Gasteiger partial charge is 0.267 e. The molecule has 3 heterocycles. The van der Waals surface area contributed by atoms with Crippen molar-refractivity contribution in [2.45, 2.75) is 13.1 Å². The quantitative estimate of drug-likeness (QED) is 0.330. The summed E-state index contributed by atoms with van der Waals surface area (Å²) in [5.74, 6) is -3.84. The average Bonchev–Trinajstić information content (AvgIpc) is 2.97. The highest BCUT2D eigenvalue weighted by Crippen LogP contribution is 2.22. The molecule has 0 aliphatic carbocycles. The van der Waals surface area contributed by atoms with Crippen molar-refractivity contribution in [3.63, 3.8) is 0 Å². The molecular formula is C29H28F3N7O2. The molecule has 4 aromatic rings. The maximum atomic E-state index is 13.7. The Labute approximate surface area is 234 Å². The number of halogens is 3. The first-order valence-corrected chi connectivity index (χ1v) is 13.1. The van der Waals surface area contributed by atoms with Gasteiger partial charge in [-0.15, -0.1) is 0 Å². The van der Waals surface area contributed by atoms with Gasteiger partial charge in [0.1, 0.15) is 0 Å². The largest absolute Gasteiger partial charge is 0.351 e. The third kappa shape index (κ3) is 7.02. The summed E-state index contributed by atoms with van der Waals surface area (Å²) >= 11 is 0. The van der Waals surface area contributed by atoms with Gasteiger partial charge in [-0.3, -0.25) is 14.5 Å². The summed E-state index contributed by atoms with van der Waals surface area (Å²) in [5.41, 5.74) is 1.89. The molecule has 0 spiro atoms. The number of likely N-dealkylation sites (N-methyl/N-ethyl adjacent to an activating group) is 1. The van der Waals surface area contributed by atoms with Gasteiger partial charge >= 0.3 is 0 Å². The summed E-state index contributed by atoms with van der Waals surface area (Å²) < 4.78 is 41.9. The predicted molar refractivity (Wildman–Crippen MR) is 146 cm³/mol. The number of benzene rings is 2. The molecule has 9 nitrogen and oxygen atoms in total. The zero-order chi connectivity index (χ0) is 28.9. The molecular weight excluding hydrogens is 535 g/mol. The van der Waals surface area contributed by atoms with E-state index < -0.39 is 23.0 Å². The van der Waals surface area contributed by atoms with Crippen LogP contribution in [0.15, 0.2) is 65.7 Å². The molecule has 1 aliphatic heterocycles. The highest BCUT2D eigenvalue weighted by atomic mass is 19.2. The molecule has 41 heavy (non-hydrogen) atoms. The van der Waals surface area contributed by atoms with Gasteiger partial charge in [-0.2, -0.15) is 5.10 Å². The van der Waals surface area contributed by atoms with E-state index >= 15 is 0 Å². The molecule has 1 amide bonds. The number of amides is 1. The van der Waals surface area contributed by atoms with E-state index in [1.54, 1.807) is 24.5 Å². The molecule has 0 bridgehead atoms. The number of aromatic nitrogens is 4. The van der Waals surface area contributed by atoms with Gasteiger partial charge < -0.3 is 10.2 Å². The summed E-state index contributed by atoms with van der Waals surface area (Å²) in [7, 11) is 2.07. The summed E-state index contributed by atoms with van der Waals surface area (Å²) in [6.07, 6.45) is 3.31. The lowest BCUT2D eigenvalue weighted by atomic mass is 10.1. The summed E-state index contributed by atoms with van der Waals surface area (Å²) in [6, 6.07) is 11.4. The van der Waals surface area contributed by atoms with Crippen LogP contribution in [0, 0.1) is 17.5 Å². The van der Waals surface area contributed by atoms with Gasteiger partial charge in [0.15, 0.2) is 23.3 Å². The minimum Gasteiger partial charge on any atom is -0.351 e. The molecule has 12 heteroatoms. The highest BCUT2D eigenvalue weighted by molar-refractivity contribution is 5.78. The van der Waals surface area contributed by atoms with E-state index in [9.17, 15) is 22.8 Å². The van der Waals surface area contributed by atoms with Gasteiger partial charge in [0.2, 0.25) is 5.91 Å². The Morgan fingerprint density at radius 2 is 1.61 bits per heavy atom. The summed E-state index contributed by atoms with van der Waals surface area (Å²) in [4.78, 5) is 38.0. The minimum absolute atomic E-state index is 0.00732. The van der Waals surface area contributed by atoms with E-state index in [0.717, 1.165) is 54.1 Å². The van der Waals surface area contributed by atoms with Crippen molar-refractivity contribution in [3.8, 4) is 22.6 Å². The van der Waals surface area contributed by atoms with Crippen LogP contribution in [-0.4, -0.2) is 75.2 Å². The Morgan fingerprint density at radius 1 is 0.902 bits per heavy atom. The minimum atomic E-state index is -1.57. The predicted octanol–water partition coefficient (Wildman–Crippen LogP) is 2.70. The zero-order valence-corrected chi connectivity index (χ0v) is 22.4. The van der Waals surface area contributed by atoms with E-state index in [-0.39, 0.29) is 23.7 Å². The molecule has 212 valence electrons. The number of nitrogens with one attached hydrogen (secondary N) is 1. The van der Waals surface area contributed by atoms with Crippen LogP contribution in [0.3, 0.4) is 0 Å². The second kappa shape index (κ2) is 12.4. The van der Waals surface area contributed by atoms with Crippen molar-refractivity contribution >= 4 is 5.91 Å². The van der Waals surface area contributed by atoms with Gasteiger partial charge in [0, 0.05) is 67.9 Å². The van der Waals surface area contributed by atoms with Crippen molar-refractivity contribution in [2.24, 2.45) is 0 Å². The monoisotopic (exact) mass is 563 g/mol. The van der Waals surface area contributed by atoms with Crippen molar-refractivity contribution < 1.29 is 18.0 Å². The zero-order valence-electron chi connectivity index (χ0n) is 22.4. The van der Waals surface area contributed by atoms with Crippen LogP contribution in [0.1, 0.15) is 11.1 Å². The molecule has 2 aromatic carbocycles. The third-order valence-electron chi connectivity index (χ3n) is 6.82. The summed E-state index contributed by atoms with van der Waals surface area (Å²) in [6.45, 7) is 4.38. The second-order valence-corrected chi connectivity index (χ2v) is 9.94. The number of piperazine rings is 1. The Balaban J connectivity index is 1.23. The van der Waals surface area contributed by atoms with Crippen LogP contribution in [0.4, 0.5) is 13.2 Å². The maximum Gasteiger partial charge on any atom is 0.267 e. The van der Waals surface area contributed by atoms with Crippen LogP contribution in [0.2, 0.25) is 0 Å². The summed E-state index contributed by atoms with van der Waals surface area (Å²) in [5, 5.41) is 7.13. The number of carbonyl (C=O) groups excluding carboxylic acids is 1. The van der Waals surface area contributed by atoms with E-state index in [1.807, 2.05) is 12.1 Å². The number of nitrogens with zero attached hydrogens (tertiary/aromatic N) is 6. The first kappa shape index (κ1) is 28.1. The standard InChI is InChI=1S/C29H28F3N7O2/c1-37-7-9-38(10-8-37)18-26(40)33-14-20-15-34-29(35-16-20)21-4-2-3-19(11-21)17-39-27(41)6-5-25(36-39)22-12-23(30)28(32)24(31)13-22/h2-6,11-13,15-16H,7-10,14,17-18H2,1H3,(H,33,40). The van der Waals surface area contributed by atoms with Crippen LogP contribution < -0.4 is 10.9 Å². The Bertz CT molecular complexity index is 1580. The van der Waals surface area contributed by atoms with Gasteiger partial charge in [-0.25, -0.2) is 27.8 Å². The van der Waals surface area contributed by atoms with Crippen LogP contribution >= 0.6 is 0 Å². The molecule has 0 unspecified atom stereocenters. The molecule has 1 fully saturated rings. The molecule has 0 radical (unpaired) electrons. The Kier molecular flexibility index (Phi) is 8.50. The Hall–Kier alpha value is -4.42. The average molecular weight is 564 g/mol. The number of carbonyl (C=O) groups is 1. The lowest BCUT2D eigenvalue weighted by molar-refractivity contribution is -0.122. The molecule has 0 saturated carbocycles. The molecule has 1 aliphatic rings. The third-order valence-corrected chi connectivity index (χ3v) is 6.82. The fraction of sp³-hybridized carbons (Fsp3) is 0.276. The van der Waals surface area contributed by atoms with Gasteiger partial charge in [0.25, 0.3) is 5.56 Å². The van der Waals surface area contributed by atoms with Gasteiger partial charge in [0.05, 0.1) is 18.8 Å². The Morgan fingerprint density at radius 3 is 2.32 bits per heavy atom. The van der Waals surface area contributed by atoms with Crippen LogP contribution in [0.5, 0.6) is 0 Å². The first-order valence-electron chi connectivity index (χ1n) is 13.1. The van der Waals surface area contributed by atoms with Crippen LogP contribution in [0.25, 0.3) is 22.6 Å². The topological polar surface area (TPSA) is 96.2 Å². The van der Waals surface area contributed by atoms with E-state index in [2.05, 4.69) is 37.2 Å². The first-order chi connectivity index (χ1) is 19.7. The molecule has 0 atom stereocenters. The van der Waals surface area contributed by atoms with Crippen molar-refractivity contribution in [3.05, 3.63) is 99.9 Å². The normalized spacial score (nSPS) is 14.2. The highest BCUT2D eigenvalue weighted by Gasteiger charge is 2.17. The fourth-order valence-electron chi connectivity index (χ4n) is 4.46. The van der Waals surface area contributed by atoms with Gasteiger partial charge in [-0.1, -0.05) is 18.2 Å². The molecule has 5 rings (SSSR count).